The van der Waals surface area contributed by atoms with Crippen LogP contribution in [0, 0.1) is 12.8 Å². The van der Waals surface area contributed by atoms with Gasteiger partial charge in [0.25, 0.3) is 0 Å². The molecule has 0 saturated heterocycles. The van der Waals surface area contributed by atoms with Gasteiger partial charge in [0.2, 0.25) is 21.8 Å². The minimum absolute atomic E-state index is 0.0110. The molecule has 0 bridgehead atoms. The van der Waals surface area contributed by atoms with Crippen molar-refractivity contribution in [1.82, 2.24) is 14.5 Å². The first-order valence-corrected chi connectivity index (χ1v) is 13.3. The van der Waals surface area contributed by atoms with Crippen molar-refractivity contribution in [3.8, 4) is 11.6 Å². The highest BCUT2D eigenvalue weighted by Crippen LogP contribution is 2.35. The molecule has 1 aromatic carbocycles. The smallest absolute Gasteiger partial charge is 0.356 e. The number of ether oxygens (including phenoxy) is 1. The number of aromatic nitrogens is 2. The molecule has 0 spiro atoms. The Labute approximate surface area is 207 Å². The second kappa shape index (κ2) is 11.7. The first-order valence-electron chi connectivity index (χ1n) is 11.8. The summed E-state index contributed by atoms with van der Waals surface area (Å²) < 4.78 is 36.6. The third-order valence-corrected chi connectivity index (χ3v) is 7.43. The highest BCUT2D eigenvalue weighted by Gasteiger charge is 2.27. The minimum Gasteiger partial charge on any atom is -0.476 e. The molecule has 2 aromatic rings. The Kier molecular flexibility index (Phi) is 9.45. The Hall–Kier alpha value is -2.92. The first-order chi connectivity index (χ1) is 16.4. The van der Waals surface area contributed by atoms with E-state index in [0.717, 1.165) is 0 Å². The molecule has 0 saturated carbocycles. The number of nitrogens with one attached hydrogen (secondary N) is 2. The molecular weight excluding hydrogens is 472 g/mol. The van der Waals surface area contributed by atoms with Gasteiger partial charge in [0.1, 0.15) is 10.6 Å². The quantitative estimate of drug-likeness (QED) is 0.377. The number of carboxylic acid groups (broad SMARTS) is 1. The molecule has 0 radical (unpaired) electrons. The summed E-state index contributed by atoms with van der Waals surface area (Å²) in [7, 11) is -4.04. The summed E-state index contributed by atoms with van der Waals surface area (Å²) in [5.41, 5.74) is 0.416. The van der Waals surface area contributed by atoms with Gasteiger partial charge in [-0.05, 0) is 65.2 Å². The van der Waals surface area contributed by atoms with Crippen LogP contribution in [0.3, 0.4) is 0 Å². The van der Waals surface area contributed by atoms with Gasteiger partial charge in [0, 0.05) is 23.2 Å². The van der Waals surface area contributed by atoms with Gasteiger partial charge in [-0.1, -0.05) is 20.8 Å². The maximum Gasteiger partial charge on any atom is 0.356 e. The summed E-state index contributed by atoms with van der Waals surface area (Å²) in [6, 6.07) is 3.78. The lowest BCUT2D eigenvalue weighted by Gasteiger charge is -2.19. The predicted octanol–water partition coefficient (Wildman–Crippen LogP) is 4.71. The number of carbonyl (C=O) groups excluding carboxylic acids is 1. The normalized spacial score (nSPS) is 12.7. The van der Waals surface area contributed by atoms with Gasteiger partial charge in [-0.2, -0.15) is 5.10 Å². The molecule has 194 valence electrons. The van der Waals surface area contributed by atoms with E-state index in [1.54, 1.807) is 19.9 Å². The van der Waals surface area contributed by atoms with Gasteiger partial charge in [0.05, 0.1) is 6.04 Å². The van der Waals surface area contributed by atoms with Crippen molar-refractivity contribution >= 4 is 27.6 Å². The fourth-order valence-corrected chi connectivity index (χ4v) is 4.96. The molecule has 3 N–H and O–H groups in total. The fraction of sp³-hybridized carbons (Fsp3) is 0.542. The molecule has 0 unspecified atom stereocenters. The topological polar surface area (TPSA) is 140 Å². The molecule has 0 aliphatic heterocycles. The van der Waals surface area contributed by atoms with E-state index in [9.17, 15) is 23.1 Å². The summed E-state index contributed by atoms with van der Waals surface area (Å²) in [4.78, 5) is 24.0. The number of rotatable bonds is 12. The van der Waals surface area contributed by atoms with Crippen LogP contribution in [0.5, 0.6) is 11.6 Å². The Morgan fingerprint density at radius 1 is 1.11 bits per heavy atom. The van der Waals surface area contributed by atoms with Crippen molar-refractivity contribution in [2.75, 3.05) is 5.32 Å². The molecule has 0 aliphatic carbocycles. The number of benzene rings is 1. The first kappa shape index (κ1) is 28.3. The van der Waals surface area contributed by atoms with Gasteiger partial charge < -0.3 is 15.2 Å². The lowest BCUT2D eigenvalue weighted by molar-refractivity contribution is -0.120. The summed E-state index contributed by atoms with van der Waals surface area (Å²) >= 11 is 0. The average Bonchev–Trinajstić information content (AvgIpc) is 3.11. The predicted molar refractivity (Wildman–Crippen MR) is 134 cm³/mol. The van der Waals surface area contributed by atoms with Crippen LogP contribution in [0.4, 0.5) is 5.69 Å². The van der Waals surface area contributed by atoms with Gasteiger partial charge in [-0.15, -0.1) is 0 Å². The Morgan fingerprint density at radius 3 is 2.26 bits per heavy atom. The van der Waals surface area contributed by atoms with Crippen LogP contribution in [-0.4, -0.2) is 41.2 Å². The number of amides is 1. The third kappa shape index (κ3) is 6.61. The van der Waals surface area contributed by atoms with Gasteiger partial charge >= 0.3 is 5.97 Å². The van der Waals surface area contributed by atoms with E-state index in [4.69, 9.17) is 4.74 Å². The largest absolute Gasteiger partial charge is 0.476 e. The van der Waals surface area contributed by atoms with Gasteiger partial charge in [-0.25, -0.2) is 22.6 Å². The standard InChI is InChI=1S/C24H36N4O6S/c1-8-15(6)27-35(32,33)20-13-18(25-22(29)17(9-2)10-3)11-12-19(20)34-23-16(7)21(24(30)31)26-28(23)14(4)5/h11-15,17,27H,8-10H2,1-7H3,(H,25,29)(H,30,31)/t15-/m1/s1. The number of sulfonamides is 1. The lowest BCUT2D eigenvalue weighted by Crippen LogP contribution is -2.32. The zero-order valence-corrected chi connectivity index (χ0v) is 22.2. The van der Waals surface area contributed by atoms with E-state index >= 15 is 0 Å². The van der Waals surface area contributed by atoms with E-state index in [1.807, 2.05) is 34.6 Å². The molecule has 2 rings (SSSR count). The Balaban J connectivity index is 2.61. The summed E-state index contributed by atoms with van der Waals surface area (Å²) in [5.74, 6) is -1.48. The number of carboxylic acids is 1. The molecule has 10 nitrogen and oxygen atoms in total. The molecule has 1 amide bonds. The van der Waals surface area contributed by atoms with E-state index < -0.39 is 16.0 Å². The third-order valence-electron chi connectivity index (χ3n) is 5.82. The second-order valence-corrected chi connectivity index (χ2v) is 10.5. The number of aromatic carboxylic acids is 1. The molecule has 1 atom stereocenters. The number of anilines is 1. The number of carbonyl (C=O) groups is 2. The van der Waals surface area contributed by atoms with E-state index in [-0.39, 0.29) is 51.7 Å². The van der Waals surface area contributed by atoms with Crippen molar-refractivity contribution in [3.05, 3.63) is 29.5 Å². The Morgan fingerprint density at radius 2 is 1.74 bits per heavy atom. The van der Waals surface area contributed by atoms with Crippen molar-refractivity contribution in [2.24, 2.45) is 5.92 Å². The summed E-state index contributed by atoms with van der Waals surface area (Å²) in [6.45, 7) is 12.6. The molecule has 1 heterocycles. The number of hydrogen-bond donors (Lipinski definition) is 3. The van der Waals surface area contributed by atoms with Crippen LogP contribution in [-0.2, 0) is 14.8 Å². The average molecular weight is 509 g/mol. The Bertz CT molecular complexity index is 1170. The van der Waals surface area contributed by atoms with E-state index in [2.05, 4.69) is 15.1 Å². The van der Waals surface area contributed by atoms with E-state index in [0.29, 0.717) is 24.9 Å². The van der Waals surface area contributed by atoms with E-state index in [1.165, 1.54) is 16.8 Å². The lowest BCUT2D eigenvalue weighted by atomic mass is 10.0. The fourth-order valence-electron chi connectivity index (χ4n) is 3.48. The molecule has 1 aromatic heterocycles. The zero-order chi connectivity index (χ0) is 26.5. The molecule has 11 heteroatoms. The van der Waals surface area contributed by atoms with Crippen molar-refractivity contribution < 1.29 is 27.9 Å². The van der Waals surface area contributed by atoms with Crippen LogP contribution in [0.2, 0.25) is 0 Å². The van der Waals surface area contributed by atoms with Crippen LogP contribution in [0.1, 0.15) is 82.9 Å². The van der Waals surface area contributed by atoms with Crippen molar-refractivity contribution in [2.45, 2.75) is 84.7 Å². The van der Waals surface area contributed by atoms with Gasteiger partial charge in [0.15, 0.2) is 5.69 Å². The summed E-state index contributed by atoms with van der Waals surface area (Å²) in [6.07, 6.45) is 1.89. The van der Waals surface area contributed by atoms with Crippen molar-refractivity contribution in [1.29, 1.82) is 0 Å². The highest BCUT2D eigenvalue weighted by atomic mass is 32.2. The molecular formula is C24H36N4O6S. The van der Waals surface area contributed by atoms with Crippen molar-refractivity contribution in [3.63, 3.8) is 0 Å². The van der Waals surface area contributed by atoms with Crippen LogP contribution in [0.25, 0.3) is 0 Å². The zero-order valence-electron chi connectivity index (χ0n) is 21.4. The SMILES string of the molecule is CCC(CC)C(=O)Nc1ccc(Oc2c(C)c(C(=O)O)nn2C(C)C)c(S(=O)(=O)N[C@H](C)CC)c1. The van der Waals surface area contributed by atoms with Gasteiger partial charge in [-0.3, -0.25) is 4.79 Å². The monoisotopic (exact) mass is 508 g/mol. The molecule has 0 fully saturated rings. The van der Waals surface area contributed by atoms with Crippen LogP contribution < -0.4 is 14.8 Å². The second-order valence-electron chi connectivity index (χ2n) is 8.82. The van der Waals surface area contributed by atoms with Crippen LogP contribution >= 0.6 is 0 Å². The van der Waals surface area contributed by atoms with Crippen LogP contribution in [0.15, 0.2) is 23.1 Å². The maximum atomic E-state index is 13.3. The maximum absolute atomic E-state index is 13.3. The minimum atomic E-state index is -4.04. The number of nitrogens with zero attached hydrogens (tertiary/aromatic N) is 2. The summed E-state index contributed by atoms with van der Waals surface area (Å²) in [5, 5.41) is 16.4. The molecule has 0 aliphatic rings. The molecule has 35 heavy (non-hydrogen) atoms. The number of hydrogen-bond acceptors (Lipinski definition) is 6. The highest BCUT2D eigenvalue weighted by molar-refractivity contribution is 7.89.